The SMILES string of the molecule is CCCCCCCCCCCCCCCCCCCCCCCCC(=O)OC[C@H](CO[C@H]1O[C@H](CS(=O)(=O)O)[C@@H](O)C(O)C1O)OC(=O)CCCCCCCCCCCCCCCC. The number of carbonyl (C=O) groups is 2. The summed E-state index contributed by atoms with van der Waals surface area (Å²) in [6.07, 6.45) is 35.8. The third-order valence-electron chi connectivity index (χ3n) is 12.7. The number of hydrogen-bond acceptors (Lipinski definition) is 11. The topological polar surface area (TPSA) is 186 Å². The standard InChI is InChI=1S/C51H98O12S/c1-3-5-7-9-11-13-15-17-19-20-21-22-23-24-25-26-28-29-31-33-35-37-39-46(52)60-41-44(42-61-51-50(56)49(55)48(54)45(63-51)43-64(57,58)59)62-47(53)40-38-36-34-32-30-27-18-16-14-12-10-8-6-4-2/h44-45,48-51,54-56H,3-43H2,1-2H3,(H,57,58,59)/t44-,45-,48-,49?,50?,51+/m1/s1. The average Bonchev–Trinajstić information content (AvgIpc) is 3.26. The molecule has 0 bridgehead atoms. The van der Waals surface area contributed by atoms with Crippen molar-refractivity contribution in [1.82, 2.24) is 0 Å². The van der Waals surface area contributed by atoms with Crippen molar-refractivity contribution in [2.24, 2.45) is 0 Å². The van der Waals surface area contributed by atoms with Crippen LogP contribution in [0.1, 0.15) is 258 Å². The normalized spacial score (nSPS) is 19.5. The second-order valence-electron chi connectivity index (χ2n) is 18.9. The fraction of sp³-hybridized carbons (Fsp3) is 0.961. The molecule has 1 fully saturated rings. The smallest absolute Gasteiger partial charge is 0.306 e. The third kappa shape index (κ3) is 35.8. The highest BCUT2D eigenvalue weighted by Gasteiger charge is 2.46. The highest BCUT2D eigenvalue weighted by molar-refractivity contribution is 7.85. The van der Waals surface area contributed by atoms with Gasteiger partial charge in [-0.1, -0.05) is 232 Å². The van der Waals surface area contributed by atoms with Gasteiger partial charge in [-0.2, -0.15) is 8.42 Å². The predicted molar refractivity (Wildman–Crippen MR) is 257 cm³/mol. The van der Waals surface area contributed by atoms with Crippen molar-refractivity contribution in [3.63, 3.8) is 0 Å². The molecule has 0 aromatic carbocycles. The van der Waals surface area contributed by atoms with Crippen molar-refractivity contribution in [1.29, 1.82) is 0 Å². The highest BCUT2D eigenvalue weighted by Crippen LogP contribution is 2.24. The van der Waals surface area contributed by atoms with Gasteiger partial charge in [0.25, 0.3) is 10.1 Å². The molecule has 1 rings (SSSR count). The molecule has 12 nitrogen and oxygen atoms in total. The van der Waals surface area contributed by atoms with Gasteiger partial charge in [0.2, 0.25) is 0 Å². The Hall–Kier alpha value is -1.35. The highest BCUT2D eigenvalue weighted by atomic mass is 32.2. The van der Waals surface area contributed by atoms with Gasteiger partial charge in [0.15, 0.2) is 12.4 Å². The van der Waals surface area contributed by atoms with Crippen molar-refractivity contribution in [3.05, 3.63) is 0 Å². The third-order valence-corrected chi connectivity index (χ3v) is 13.4. The van der Waals surface area contributed by atoms with Gasteiger partial charge in [0.05, 0.1) is 6.61 Å². The van der Waals surface area contributed by atoms with Crippen LogP contribution in [0.5, 0.6) is 0 Å². The minimum absolute atomic E-state index is 0.172. The molecule has 380 valence electrons. The van der Waals surface area contributed by atoms with E-state index in [1.807, 2.05) is 0 Å². The lowest BCUT2D eigenvalue weighted by Crippen LogP contribution is -2.60. The lowest BCUT2D eigenvalue weighted by atomic mass is 10.00. The quantitative estimate of drug-likeness (QED) is 0.0257. The van der Waals surface area contributed by atoms with Crippen molar-refractivity contribution in [2.45, 2.75) is 295 Å². The molecule has 64 heavy (non-hydrogen) atoms. The minimum atomic E-state index is -4.60. The van der Waals surface area contributed by atoms with Crippen LogP contribution in [0.25, 0.3) is 0 Å². The summed E-state index contributed by atoms with van der Waals surface area (Å²) in [4.78, 5) is 25.5. The van der Waals surface area contributed by atoms with Gasteiger partial charge in [-0.15, -0.1) is 0 Å². The minimum Gasteiger partial charge on any atom is -0.462 e. The molecule has 0 amide bonds. The number of aliphatic hydroxyl groups is 3. The number of ether oxygens (including phenoxy) is 4. The zero-order chi connectivity index (χ0) is 46.9. The molecule has 6 atom stereocenters. The van der Waals surface area contributed by atoms with Crippen LogP contribution in [-0.2, 0) is 38.7 Å². The largest absolute Gasteiger partial charge is 0.462 e. The molecule has 0 aromatic rings. The first kappa shape index (κ1) is 60.7. The number of esters is 2. The van der Waals surface area contributed by atoms with Crippen molar-refractivity contribution >= 4 is 22.1 Å². The predicted octanol–water partition coefficient (Wildman–Crippen LogP) is 12.0. The number of rotatable bonds is 46. The van der Waals surface area contributed by atoms with Crippen LogP contribution >= 0.6 is 0 Å². The molecule has 0 aliphatic carbocycles. The Kier molecular flexibility index (Phi) is 39.6. The number of carbonyl (C=O) groups excluding carboxylic acids is 2. The van der Waals surface area contributed by atoms with Gasteiger partial charge < -0.3 is 34.3 Å². The first-order valence-corrected chi connectivity index (χ1v) is 28.2. The second-order valence-corrected chi connectivity index (χ2v) is 20.4. The monoisotopic (exact) mass is 935 g/mol. The molecule has 1 saturated heterocycles. The Morgan fingerprint density at radius 2 is 0.797 bits per heavy atom. The fourth-order valence-corrected chi connectivity index (χ4v) is 9.25. The summed E-state index contributed by atoms with van der Waals surface area (Å²) in [5.74, 6) is -1.96. The Balaban J connectivity index is 2.31. The van der Waals surface area contributed by atoms with Gasteiger partial charge in [-0.3, -0.25) is 14.1 Å². The number of hydrogen-bond donors (Lipinski definition) is 4. The molecule has 1 heterocycles. The van der Waals surface area contributed by atoms with Crippen molar-refractivity contribution in [2.75, 3.05) is 19.0 Å². The van der Waals surface area contributed by atoms with Gasteiger partial charge in [-0.05, 0) is 12.8 Å². The summed E-state index contributed by atoms with van der Waals surface area (Å²) >= 11 is 0. The van der Waals surface area contributed by atoms with Crippen LogP contribution in [0.15, 0.2) is 0 Å². The van der Waals surface area contributed by atoms with Crippen LogP contribution in [0.4, 0.5) is 0 Å². The molecule has 0 aromatic heterocycles. The molecule has 2 unspecified atom stereocenters. The van der Waals surface area contributed by atoms with Gasteiger partial charge >= 0.3 is 11.9 Å². The van der Waals surface area contributed by atoms with E-state index in [4.69, 9.17) is 18.9 Å². The van der Waals surface area contributed by atoms with Gasteiger partial charge in [0.1, 0.15) is 36.8 Å². The van der Waals surface area contributed by atoms with Crippen LogP contribution < -0.4 is 0 Å². The van der Waals surface area contributed by atoms with Crippen LogP contribution in [0, 0.1) is 0 Å². The molecule has 1 aliphatic heterocycles. The lowest BCUT2D eigenvalue weighted by molar-refractivity contribution is -0.297. The van der Waals surface area contributed by atoms with Crippen LogP contribution in [0.3, 0.4) is 0 Å². The van der Waals surface area contributed by atoms with Crippen molar-refractivity contribution < 1.29 is 56.8 Å². The molecule has 1 aliphatic rings. The molecule has 13 heteroatoms. The van der Waals surface area contributed by atoms with E-state index in [0.29, 0.717) is 12.8 Å². The van der Waals surface area contributed by atoms with Gasteiger partial charge in [-0.25, -0.2) is 0 Å². The summed E-state index contributed by atoms with van der Waals surface area (Å²) in [6.45, 7) is 3.81. The first-order chi connectivity index (χ1) is 31.0. The van der Waals surface area contributed by atoms with Gasteiger partial charge in [0, 0.05) is 12.8 Å². The summed E-state index contributed by atoms with van der Waals surface area (Å²) in [5.41, 5.74) is 0. The van der Waals surface area contributed by atoms with E-state index in [0.717, 1.165) is 38.5 Å². The molecule has 4 N–H and O–H groups in total. The van der Waals surface area contributed by atoms with E-state index in [-0.39, 0.29) is 19.4 Å². The fourth-order valence-electron chi connectivity index (χ4n) is 8.56. The first-order valence-electron chi connectivity index (χ1n) is 26.6. The maximum atomic E-state index is 12.8. The summed E-state index contributed by atoms with van der Waals surface area (Å²) in [6, 6.07) is 0. The lowest BCUT2D eigenvalue weighted by Gasteiger charge is -2.40. The maximum absolute atomic E-state index is 12.8. The van der Waals surface area contributed by atoms with E-state index >= 15 is 0 Å². The summed E-state index contributed by atoms with van der Waals surface area (Å²) in [7, 11) is -4.60. The molecular formula is C51H98O12S. The Labute approximate surface area is 391 Å². The number of unbranched alkanes of at least 4 members (excludes halogenated alkanes) is 34. The molecular weight excluding hydrogens is 837 g/mol. The van der Waals surface area contributed by atoms with E-state index in [2.05, 4.69) is 13.8 Å². The molecule has 0 saturated carbocycles. The average molecular weight is 935 g/mol. The van der Waals surface area contributed by atoms with E-state index in [1.165, 1.54) is 180 Å². The van der Waals surface area contributed by atoms with Crippen LogP contribution in [-0.4, -0.2) is 96.0 Å². The second kappa shape index (κ2) is 41.8. The van der Waals surface area contributed by atoms with Crippen LogP contribution in [0.2, 0.25) is 0 Å². The summed E-state index contributed by atoms with van der Waals surface area (Å²) < 4.78 is 54.2. The van der Waals surface area contributed by atoms with E-state index in [1.54, 1.807) is 0 Å². The molecule has 0 spiro atoms. The summed E-state index contributed by atoms with van der Waals surface area (Å²) in [5, 5.41) is 31.0. The number of aliphatic hydroxyl groups excluding tert-OH is 3. The maximum Gasteiger partial charge on any atom is 0.306 e. The van der Waals surface area contributed by atoms with Crippen molar-refractivity contribution in [3.8, 4) is 0 Å². The molecule has 0 radical (unpaired) electrons. The Bertz CT molecular complexity index is 1190. The van der Waals surface area contributed by atoms with E-state index < -0.39 is 71.2 Å². The zero-order valence-electron chi connectivity index (χ0n) is 40.9. The Morgan fingerprint density at radius 1 is 0.469 bits per heavy atom. The Morgan fingerprint density at radius 3 is 1.14 bits per heavy atom. The zero-order valence-corrected chi connectivity index (χ0v) is 41.7. The van der Waals surface area contributed by atoms with E-state index in [9.17, 15) is 37.9 Å².